The Labute approximate surface area is 107 Å². The van der Waals surface area contributed by atoms with Gasteiger partial charge >= 0.3 is 0 Å². The van der Waals surface area contributed by atoms with Crippen LogP contribution in [0.1, 0.15) is 16.1 Å². The van der Waals surface area contributed by atoms with Crippen molar-refractivity contribution in [2.45, 2.75) is 19.8 Å². The van der Waals surface area contributed by atoms with Gasteiger partial charge in [-0.05, 0) is 31.4 Å². The van der Waals surface area contributed by atoms with E-state index >= 15 is 0 Å². The molecule has 0 spiro atoms. The van der Waals surface area contributed by atoms with Gasteiger partial charge in [-0.15, -0.1) is 11.3 Å². The number of hydrogen-bond donors (Lipinski definition) is 1. The number of aryl methyl sites for hydroxylation is 1. The van der Waals surface area contributed by atoms with Crippen LogP contribution in [0.2, 0.25) is 0 Å². The van der Waals surface area contributed by atoms with E-state index in [2.05, 4.69) is 36.2 Å². The lowest BCUT2D eigenvalue weighted by Gasteiger charge is -2.13. The maximum absolute atomic E-state index is 5.85. The van der Waals surface area contributed by atoms with E-state index in [9.17, 15) is 0 Å². The Kier molecular flexibility index (Phi) is 4.29. The summed E-state index contributed by atoms with van der Waals surface area (Å²) in [5, 5.41) is 3.21. The lowest BCUT2D eigenvalue weighted by molar-refractivity contribution is 0.532. The molecule has 2 rings (SSSR count). The van der Waals surface area contributed by atoms with Crippen LogP contribution < -0.4 is 5.73 Å². The van der Waals surface area contributed by atoms with Crippen LogP contribution in [0.15, 0.2) is 35.8 Å². The van der Waals surface area contributed by atoms with Crippen LogP contribution >= 0.6 is 11.3 Å². The third-order valence-corrected chi connectivity index (χ3v) is 3.69. The highest BCUT2D eigenvalue weighted by Crippen LogP contribution is 2.16. The molecule has 1 heterocycles. The predicted octanol–water partition coefficient (Wildman–Crippen LogP) is 2.81. The monoisotopic (exact) mass is 246 g/mol. The molecule has 2 aromatic rings. The van der Waals surface area contributed by atoms with Gasteiger partial charge in [0.15, 0.2) is 0 Å². The Bertz CT molecular complexity index is 451. The fourth-order valence-electron chi connectivity index (χ4n) is 2.01. The minimum Gasteiger partial charge on any atom is -0.330 e. The lowest BCUT2D eigenvalue weighted by Crippen LogP contribution is -2.19. The molecule has 1 aromatic carbocycles. The van der Waals surface area contributed by atoms with Gasteiger partial charge in [-0.25, -0.2) is 4.98 Å². The standard InChI is InChI=1S/C14H18N2S/c1-11-3-2-4-12(7-11)8-13(10-15)9-14-16-5-6-17-14/h2-7,13H,8-10,15H2,1H3. The summed E-state index contributed by atoms with van der Waals surface area (Å²) in [6, 6.07) is 8.66. The Morgan fingerprint density at radius 1 is 1.35 bits per heavy atom. The molecule has 0 fully saturated rings. The topological polar surface area (TPSA) is 38.9 Å². The number of rotatable bonds is 5. The van der Waals surface area contributed by atoms with Crippen LogP contribution in [0.4, 0.5) is 0 Å². The smallest absolute Gasteiger partial charge is 0.0928 e. The molecule has 0 radical (unpaired) electrons. The van der Waals surface area contributed by atoms with Crippen molar-refractivity contribution in [1.29, 1.82) is 0 Å². The fourth-order valence-corrected chi connectivity index (χ4v) is 2.74. The molecule has 0 aliphatic rings. The van der Waals surface area contributed by atoms with E-state index in [1.54, 1.807) is 11.3 Å². The molecule has 1 atom stereocenters. The second-order valence-corrected chi connectivity index (χ2v) is 5.40. The molecule has 17 heavy (non-hydrogen) atoms. The zero-order valence-electron chi connectivity index (χ0n) is 10.1. The summed E-state index contributed by atoms with van der Waals surface area (Å²) in [6.45, 7) is 2.84. The van der Waals surface area contributed by atoms with Gasteiger partial charge in [-0.1, -0.05) is 29.8 Å². The average molecular weight is 246 g/mol. The summed E-state index contributed by atoms with van der Waals surface area (Å²) in [7, 11) is 0. The molecule has 0 saturated heterocycles. The molecule has 2 N–H and O–H groups in total. The van der Waals surface area contributed by atoms with E-state index in [1.165, 1.54) is 16.1 Å². The minimum atomic E-state index is 0.489. The summed E-state index contributed by atoms with van der Waals surface area (Å²) in [6.07, 6.45) is 3.89. The zero-order valence-corrected chi connectivity index (χ0v) is 10.9. The van der Waals surface area contributed by atoms with Crippen LogP contribution in [0.5, 0.6) is 0 Å². The first-order valence-corrected chi connectivity index (χ1v) is 6.80. The van der Waals surface area contributed by atoms with Crippen LogP contribution in [-0.4, -0.2) is 11.5 Å². The largest absolute Gasteiger partial charge is 0.330 e. The molecular weight excluding hydrogens is 228 g/mol. The number of benzene rings is 1. The molecule has 90 valence electrons. The summed E-state index contributed by atoms with van der Waals surface area (Å²) >= 11 is 1.71. The Hall–Kier alpha value is -1.19. The van der Waals surface area contributed by atoms with Gasteiger partial charge in [0, 0.05) is 18.0 Å². The molecule has 1 aromatic heterocycles. The highest BCUT2D eigenvalue weighted by molar-refractivity contribution is 7.09. The summed E-state index contributed by atoms with van der Waals surface area (Å²) in [4.78, 5) is 4.33. The number of nitrogens with two attached hydrogens (primary N) is 1. The first-order valence-electron chi connectivity index (χ1n) is 5.92. The maximum atomic E-state index is 5.85. The number of aromatic nitrogens is 1. The third kappa shape index (κ3) is 3.65. The first kappa shape index (κ1) is 12.3. The van der Waals surface area contributed by atoms with E-state index in [1.807, 2.05) is 11.6 Å². The van der Waals surface area contributed by atoms with Crippen molar-refractivity contribution in [3.63, 3.8) is 0 Å². The Morgan fingerprint density at radius 2 is 2.24 bits per heavy atom. The second-order valence-electron chi connectivity index (χ2n) is 4.42. The predicted molar refractivity (Wildman–Crippen MR) is 73.2 cm³/mol. The lowest BCUT2D eigenvalue weighted by atomic mass is 9.96. The fraction of sp³-hybridized carbons (Fsp3) is 0.357. The summed E-state index contributed by atoms with van der Waals surface area (Å²) in [5.74, 6) is 0.489. The van der Waals surface area contributed by atoms with E-state index in [0.717, 1.165) is 12.8 Å². The summed E-state index contributed by atoms with van der Waals surface area (Å²) in [5.41, 5.74) is 8.54. The van der Waals surface area contributed by atoms with Crippen molar-refractivity contribution < 1.29 is 0 Å². The molecule has 2 nitrogen and oxygen atoms in total. The summed E-state index contributed by atoms with van der Waals surface area (Å²) < 4.78 is 0. The van der Waals surface area contributed by atoms with Crippen molar-refractivity contribution in [1.82, 2.24) is 4.98 Å². The normalized spacial score (nSPS) is 12.6. The molecule has 3 heteroatoms. The number of thiazole rings is 1. The van der Waals surface area contributed by atoms with Gasteiger partial charge in [0.05, 0.1) is 5.01 Å². The van der Waals surface area contributed by atoms with E-state index in [-0.39, 0.29) is 0 Å². The van der Waals surface area contributed by atoms with Crippen molar-refractivity contribution in [2.24, 2.45) is 11.7 Å². The zero-order chi connectivity index (χ0) is 12.1. The van der Waals surface area contributed by atoms with Gasteiger partial charge in [0.25, 0.3) is 0 Å². The Morgan fingerprint density at radius 3 is 2.88 bits per heavy atom. The van der Waals surface area contributed by atoms with Crippen molar-refractivity contribution >= 4 is 11.3 Å². The second kappa shape index (κ2) is 5.94. The van der Waals surface area contributed by atoms with E-state index < -0.39 is 0 Å². The van der Waals surface area contributed by atoms with Gasteiger partial charge in [-0.3, -0.25) is 0 Å². The third-order valence-electron chi connectivity index (χ3n) is 2.89. The van der Waals surface area contributed by atoms with Crippen LogP contribution in [0.25, 0.3) is 0 Å². The highest BCUT2D eigenvalue weighted by atomic mass is 32.1. The van der Waals surface area contributed by atoms with Gasteiger partial charge in [-0.2, -0.15) is 0 Å². The molecular formula is C14H18N2S. The molecule has 0 aliphatic heterocycles. The van der Waals surface area contributed by atoms with Gasteiger partial charge in [0.1, 0.15) is 0 Å². The molecule has 0 bridgehead atoms. The SMILES string of the molecule is Cc1cccc(CC(CN)Cc2nccs2)c1. The maximum Gasteiger partial charge on any atom is 0.0928 e. The van der Waals surface area contributed by atoms with Crippen LogP contribution in [0, 0.1) is 12.8 Å². The van der Waals surface area contributed by atoms with Crippen molar-refractivity contribution in [3.8, 4) is 0 Å². The highest BCUT2D eigenvalue weighted by Gasteiger charge is 2.10. The van der Waals surface area contributed by atoms with Crippen LogP contribution in [0.3, 0.4) is 0 Å². The van der Waals surface area contributed by atoms with Crippen molar-refractivity contribution in [3.05, 3.63) is 52.0 Å². The average Bonchev–Trinajstić information content (AvgIpc) is 2.81. The minimum absolute atomic E-state index is 0.489. The first-order chi connectivity index (χ1) is 8.28. The molecule has 0 amide bonds. The Balaban J connectivity index is 2.00. The quantitative estimate of drug-likeness (QED) is 0.881. The molecule has 0 saturated carbocycles. The van der Waals surface area contributed by atoms with Gasteiger partial charge < -0.3 is 5.73 Å². The molecule has 0 aliphatic carbocycles. The van der Waals surface area contributed by atoms with E-state index in [4.69, 9.17) is 5.73 Å². The number of nitrogens with zero attached hydrogens (tertiary/aromatic N) is 1. The van der Waals surface area contributed by atoms with E-state index in [0.29, 0.717) is 12.5 Å². The number of hydrogen-bond acceptors (Lipinski definition) is 3. The van der Waals surface area contributed by atoms with Crippen LogP contribution in [-0.2, 0) is 12.8 Å². The van der Waals surface area contributed by atoms with Crippen molar-refractivity contribution in [2.75, 3.05) is 6.54 Å². The van der Waals surface area contributed by atoms with Gasteiger partial charge in [0.2, 0.25) is 0 Å². The molecule has 1 unspecified atom stereocenters.